The van der Waals surface area contributed by atoms with Crippen molar-refractivity contribution in [2.75, 3.05) is 11.1 Å². The van der Waals surface area contributed by atoms with Gasteiger partial charge in [0.1, 0.15) is 29.0 Å². The van der Waals surface area contributed by atoms with Gasteiger partial charge >= 0.3 is 6.09 Å². The number of rotatable bonds is 4. The van der Waals surface area contributed by atoms with Crippen LogP contribution < -0.4 is 15.8 Å². The highest BCUT2D eigenvalue weighted by atomic mass is 19.1. The van der Waals surface area contributed by atoms with E-state index in [-0.39, 0.29) is 22.5 Å². The van der Waals surface area contributed by atoms with Crippen molar-refractivity contribution >= 4 is 17.7 Å². The summed E-state index contributed by atoms with van der Waals surface area (Å²) >= 11 is 0. The molecule has 2 aromatic heterocycles. The molecular weight excluding hydrogens is 550 g/mol. The molecule has 0 saturated carbocycles. The zero-order valence-corrected chi connectivity index (χ0v) is 25.1. The van der Waals surface area contributed by atoms with Crippen LogP contribution in [-0.2, 0) is 10.8 Å². The van der Waals surface area contributed by atoms with E-state index in [2.05, 4.69) is 36.3 Å². The average Bonchev–Trinajstić information content (AvgIpc) is 3.54. The average molecular weight is 587 g/mol. The SMILES string of the molecule is CC(C)(C)c1cc(N)n(-c2cccc(F)c2)n1.CC(C)(C)c1cc(NC(=O)Oc2ccccc2)n(-c2cccc(F)c2)n1. The summed E-state index contributed by atoms with van der Waals surface area (Å²) in [6.07, 6.45) is -0.644. The molecule has 10 heteroatoms. The molecule has 224 valence electrons. The number of amides is 1. The highest BCUT2D eigenvalue weighted by molar-refractivity contribution is 5.85. The minimum absolute atomic E-state index is 0.0767. The number of hydrogen-bond acceptors (Lipinski definition) is 5. The molecule has 0 spiro atoms. The summed E-state index contributed by atoms with van der Waals surface area (Å²) in [6, 6.07) is 24.6. The second kappa shape index (κ2) is 12.5. The number of nitrogens with two attached hydrogens (primary N) is 1. The number of halogens is 2. The van der Waals surface area contributed by atoms with Crippen LogP contribution in [0.1, 0.15) is 52.9 Å². The molecule has 0 radical (unpaired) electrons. The molecule has 3 aromatic carbocycles. The number of para-hydroxylation sites is 1. The van der Waals surface area contributed by atoms with Crippen LogP contribution in [0.4, 0.5) is 25.2 Å². The van der Waals surface area contributed by atoms with E-state index < -0.39 is 6.09 Å². The first-order chi connectivity index (χ1) is 20.2. The smallest absolute Gasteiger partial charge is 0.410 e. The summed E-state index contributed by atoms with van der Waals surface area (Å²) in [4.78, 5) is 12.2. The minimum Gasteiger partial charge on any atom is -0.410 e. The standard InChI is InChI=1S/C20H20FN3O2.C13H16FN3/c1-20(2,3)17-13-18(22-19(25)26-16-10-5-4-6-11-16)24(23-17)15-9-7-8-14(21)12-15;1-13(2,3)11-8-12(15)17(16-11)10-6-4-5-9(14)7-10/h4-13H,1-3H3,(H,22,25);4-8H,15H2,1-3H3. The fraction of sp³-hybridized carbons (Fsp3) is 0.242. The van der Waals surface area contributed by atoms with E-state index in [1.165, 1.54) is 28.9 Å². The van der Waals surface area contributed by atoms with Crippen LogP contribution in [0.25, 0.3) is 11.4 Å². The van der Waals surface area contributed by atoms with Crippen LogP contribution in [0.5, 0.6) is 5.75 Å². The lowest BCUT2D eigenvalue weighted by Gasteiger charge is -2.14. The number of aromatic nitrogens is 4. The Balaban J connectivity index is 0.000000215. The summed E-state index contributed by atoms with van der Waals surface area (Å²) in [5, 5.41) is 11.6. The molecule has 5 rings (SSSR count). The number of nitrogens with zero attached hydrogens (tertiary/aromatic N) is 4. The number of anilines is 2. The molecule has 0 aliphatic heterocycles. The lowest BCUT2D eigenvalue weighted by Crippen LogP contribution is -2.19. The number of nitrogen functional groups attached to an aromatic ring is 1. The monoisotopic (exact) mass is 586 g/mol. The number of nitrogens with one attached hydrogen (secondary N) is 1. The summed E-state index contributed by atoms with van der Waals surface area (Å²) in [7, 11) is 0. The number of carbonyl (C=O) groups excluding carboxylic acids is 1. The molecule has 0 bridgehead atoms. The lowest BCUT2D eigenvalue weighted by molar-refractivity contribution is 0.215. The van der Waals surface area contributed by atoms with E-state index >= 15 is 0 Å². The number of hydrogen-bond donors (Lipinski definition) is 2. The molecule has 0 unspecified atom stereocenters. The van der Waals surface area contributed by atoms with Gasteiger partial charge in [0.2, 0.25) is 0 Å². The first-order valence-electron chi connectivity index (χ1n) is 13.7. The third kappa shape index (κ3) is 8.06. The summed E-state index contributed by atoms with van der Waals surface area (Å²) in [5.41, 5.74) is 8.38. The largest absolute Gasteiger partial charge is 0.418 e. The van der Waals surface area contributed by atoms with Gasteiger partial charge in [0.05, 0.1) is 22.8 Å². The maximum Gasteiger partial charge on any atom is 0.418 e. The van der Waals surface area contributed by atoms with E-state index in [1.54, 1.807) is 59.3 Å². The van der Waals surface area contributed by atoms with E-state index in [4.69, 9.17) is 10.5 Å². The van der Waals surface area contributed by atoms with Crippen molar-refractivity contribution in [3.8, 4) is 17.1 Å². The topological polar surface area (TPSA) is 100.0 Å². The molecule has 0 fully saturated rings. The van der Waals surface area contributed by atoms with Gasteiger partial charge in [-0.05, 0) is 48.5 Å². The molecule has 1 amide bonds. The summed E-state index contributed by atoms with van der Waals surface area (Å²) < 4.78 is 35.1. The Morgan fingerprint density at radius 2 is 1.23 bits per heavy atom. The number of carbonyl (C=O) groups is 1. The second-order valence-corrected chi connectivity index (χ2v) is 12.0. The zero-order chi connectivity index (χ0) is 31.4. The fourth-order valence-corrected chi connectivity index (χ4v) is 3.94. The third-order valence-corrected chi connectivity index (χ3v) is 6.27. The van der Waals surface area contributed by atoms with Crippen molar-refractivity contribution < 1.29 is 18.3 Å². The Kier molecular flexibility index (Phi) is 8.99. The molecule has 43 heavy (non-hydrogen) atoms. The van der Waals surface area contributed by atoms with E-state index in [1.807, 2.05) is 32.9 Å². The van der Waals surface area contributed by atoms with Gasteiger partial charge in [-0.3, -0.25) is 5.32 Å². The van der Waals surface area contributed by atoms with Crippen LogP contribution >= 0.6 is 0 Å². The van der Waals surface area contributed by atoms with Crippen molar-refractivity contribution in [1.82, 2.24) is 19.6 Å². The van der Waals surface area contributed by atoms with Gasteiger partial charge in [0.15, 0.2) is 0 Å². The Morgan fingerprint density at radius 3 is 1.74 bits per heavy atom. The molecule has 0 atom stereocenters. The molecule has 8 nitrogen and oxygen atoms in total. The lowest BCUT2D eigenvalue weighted by atomic mass is 9.92. The Bertz CT molecular complexity index is 1700. The maximum atomic E-state index is 13.6. The highest BCUT2D eigenvalue weighted by Gasteiger charge is 2.22. The van der Waals surface area contributed by atoms with E-state index in [0.29, 0.717) is 28.8 Å². The van der Waals surface area contributed by atoms with Gasteiger partial charge in [-0.2, -0.15) is 10.2 Å². The molecule has 0 aliphatic carbocycles. The molecule has 3 N–H and O–H groups in total. The van der Waals surface area contributed by atoms with Crippen molar-refractivity contribution in [1.29, 1.82) is 0 Å². The van der Waals surface area contributed by atoms with Gasteiger partial charge in [0, 0.05) is 23.0 Å². The van der Waals surface area contributed by atoms with Gasteiger partial charge in [-0.1, -0.05) is 71.9 Å². The van der Waals surface area contributed by atoms with Crippen LogP contribution in [0.15, 0.2) is 91.0 Å². The van der Waals surface area contributed by atoms with Crippen molar-refractivity contribution in [3.05, 3.63) is 114 Å². The van der Waals surface area contributed by atoms with Gasteiger partial charge in [0.25, 0.3) is 0 Å². The van der Waals surface area contributed by atoms with Crippen LogP contribution in [0.3, 0.4) is 0 Å². The second-order valence-electron chi connectivity index (χ2n) is 12.0. The highest BCUT2D eigenvalue weighted by Crippen LogP contribution is 2.27. The molecule has 2 heterocycles. The first kappa shape index (κ1) is 31.0. The summed E-state index contributed by atoms with van der Waals surface area (Å²) in [6.45, 7) is 12.2. The molecule has 0 saturated heterocycles. The number of benzene rings is 3. The fourth-order valence-electron chi connectivity index (χ4n) is 3.94. The summed E-state index contributed by atoms with van der Waals surface area (Å²) in [5.74, 6) is 0.669. The first-order valence-corrected chi connectivity index (χ1v) is 13.7. The van der Waals surface area contributed by atoms with Crippen LogP contribution in [-0.4, -0.2) is 25.7 Å². The van der Waals surface area contributed by atoms with Crippen LogP contribution in [0, 0.1) is 11.6 Å². The van der Waals surface area contributed by atoms with Gasteiger partial charge in [-0.25, -0.2) is 22.9 Å². The minimum atomic E-state index is -0.644. The predicted molar refractivity (Wildman–Crippen MR) is 165 cm³/mol. The third-order valence-electron chi connectivity index (χ3n) is 6.27. The Hall–Kier alpha value is -4.99. The maximum absolute atomic E-state index is 13.6. The molecule has 5 aromatic rings. The van der Waals surface area contributed by atoms with Crippen molar-refractivity contribution in [2.24, 2.45) is 0 Å². The van der Waals surface area contributed by atoms with Gasteiger partial charge < -0.3 is 10.5 Å². The predicted octanol–water partition coefficient (Wildman–Crippen LogP) is 7.81. The normalized spacial score (nSPS) is 11.4. The van der Waals surface area contributed by atoms with E-state index in [0.717, 1.165) is 11.4 Å². The molecular formula is C33H36F2N6O2. The zero-order valence-electron chi connectivity index (χ0n) is 25.1. The van der Waals surface area contributed by atoms with Gasteiger partial charge in [-0.15, -0.1) is 0 Å². The van der Waals surface area contributed by atoms with E-state index in [9.17, 15) is 13.6 Å². The van der Waals surface area contributed by atoms with Crippen molar-refractivity contribution in [3.63, 3.8) is 0 Å². The Morgan fingerprint density at radius 1 is 0.721 bits per heavy atom. The van der Waals surface area contributed by atoms with Crippen molar-refractivity contribution in [2.45, 2.75) is 52.4 Å². The Labute approximate surface area is 250 Å². The quantitative estimate of drug-likeness (QED) is 0.224. The van der Waals surface area contributed by atoms with Crippen LogP contribution in [0.2, 0.25) is 0 Å². The number of ether oxygens (including phenoxy) is 1. The molecule has 0 aliphatic rings.